The molecule has 0 bridgehead atoms. The number of hydrogen-bond donors (Lipinski definition) is 1. The van der Waals surface area contributed by atoms with Crippen LogP contribution in [0.5, 0.6) is 0 Å². The molecule has 1 amide bonds. The summed E-state index contributed by atoms with van der Waals surface area (Å²) in [5.74, 6) is -0.172. The molecule has 0 radical (unpaired) electrons. The van der Waals surface area contributed by atoms with Crippen molar-refractivity contribution in [1.82, 2.24) is 24.1 Å². The van der Waals surface area contributed by atoms with Crippen LogP contribution in [0.1, 0.15) is 54.5 Å². The maximum Gasteiger partial charge on any atom is 0.352 e. The largest absolute Gasteiger partial charge is 0.352 e. The van der Waals surface area contributed by atoms with E-state index in [4.69, 9.17) is 0 Å². The number of aromatic nitrogens is 4. The van der Waals surface area contributed by atoms with Gasteiger partial charge in [0.1, 0.15) is 6.54 Å². The van der Waals surface area contributed by atoms with Crippen LogP contribution in [0.2, 0.25) is 0 Å². The van der Waals surface area contributed by atoms with E-state index >= 15 is 0 Å². The van der Waals surface area contributed by atoms with Crippen LogP contribution in [0.25, 0.3) is 16.7 Å². The van der Waals surface area contributed by atoms with Gasteiger partial charge < -0.3 is 5.32 Å². The number of nitrogens with zero attached hydrogens (tertiary/aromatic N) is 4. The van der Waals surface area contributed by atoms with Gasteiger partial charge in [-0.2, -0.15) is 0 Å². The number of ketones is 1. The summed E-state index contributed by atoms with van der Waals surface area (Å²) >= 11 is 0. The Hall–Kier alpha value is -4.01. The molecular formula is C25H27N5O4. The SMILES string of the molecule is CC(C)CNC(=O)c1ccc2c(=O)n(C(C)C)c3nn(CC(=O)c4ccccc4)c(=O)n3c2c1. The number of Topliss-reactive ketones (excluding diaryl/α,β-unsaturated/α-hetero) is 1. The summed E-state index contributed by atoms with van der Waals surface area (Å²) in [4.78, 5) is 52.0. The standard InChI is InChI=1S/C25H27N5O4/c1-15(2)13-26-22(32)18-10-11-19-20(12-18)30-24(29(16(3)4)23(19)33)27-28(25(30)34)14-21(31)17-8-6-5-7-9-17/h5-12,15-16H,13-14H2,1-4H3,(H,26,32). The molecule has 2 aromatic carbocycles. The van der Waals surface area contributed by atoms with Crippen LogP contribution in [0.15, 0.2) is 58.1 Å². The lowest BCUT2D eigenvalue weighted by atomic mass is 10.1. The zero-order valence-corrected chi connectivity index (χ0v) is 19.6. The number of hydrogen-bond acceptors (Lipinski definition) is 5. The van der Waals surface area contributed by atoms with Crippen molar-refractivity contribution in [2.75, 3.05) is 6.54 Å². The van der Waals surface area contributed by atoms with Gasteiger partial charge >= 0.3 is 5.69 Å². The molecule has 0 aliphatic carbocycles. The molecule has 9 heteroatoms. The first kappa shape index (κ1) is 23.2. The lowest BCUT2D eigenvalue weighted by molar-refractivity contribution is 0.0946. The Morgan fingerprint density at radius 2 is 1.68 bits per heavy atom. The van der Waals surface area contributed by atoms with Crippen LogP contribution in [0.4, 0.5) is 0 Å². The second kappa shape index (κ2) is 9.09. The van der Waals surface area contributed by atoms with Gasteiger partial charge in [-0.1, -0.05) is 44.2 Å². The van der Waals surface area contributed by atoms with Gasteiger partial charge in [-0.25, -0.2) is 13.9 Å². The minimum atomic E-state index is -0.557. The van der Waals surface area contributed by atoms with Gasteiger partial charge in [-0.3, -0.25) is 19.0 Å². The number of amides is 1. The van der Waals surface area contributed by atoms with Crippen LogP contribution in [-0.2, 0) is 6.54 Å². The number of benzene rings is 2. The predicted octanol–water partition coefficient (Wildman–Crippen LogP) is 2.66. The van der Waals surface area contributed by atoms with Crippen molar-refractivity contribution in [2.45, 2.75) is 40.3 Å². The second-order valence-electron chi connectivity index (χ2n) is 8.97. The third-order valence-corrected chi connectivity index (χ3v) is 5.56. The minimum absolute atomic E-state index is 0.123. The monoisotopic (exact) mass is 461 g/mol. The van der Waals surface area contributed by atoms with Crippen molar-refractivity contribution in [2.24, 2.45) is 5.92 Å². The van der Waals surface area contributed by atoms with E-state index in [1.165, 1.54) is 15.0 Å². The average molecular weight is 462 g/mol. The molecule has 0 saturated carbocycles. The summed E-state index contributed by atoms with van der Waals surface area (Å²) in [7, 11) is 0. The molecule has 2 aromatic heterocycles. The van der Waals surface area contributed by atoms with Gasteiger partial charge in [0.05, 0.1) is 10.9 Å². The van der Waals surface area contributed by atoms with Crippen LogP contribution in [-0.4, -0.2) is 37.0 Å². The van der Waals surface area contributed by atoms with E-state index < -0.39 is 5.69 Å². The molecule has 9 nitrogen and oxygen atoms in total. The van der Waals surface area contributed by atoms with E-state index in [1.54, 1.807) is 42.5 Å². The third kappa shape index (κ3) is 4.16. The second-order valence-corrected chi connectivity index (χ2v) is 8.97. The molecule has 0 fully saturated rings. The van der Waals surface area contributed by atoms with Gasteiger partial charge in [0.2, 0.25) is 5.78 Å². The van der Waals surface area contributed by atoms with Gasteiger partial charge in [0.15, 0.2) is 5.78 Å². The van der Waals surface area contributed by atoms with Crippen molar-refractivity contribution in [1.29, 1.82) is 0 Å². The van der Waals surface area contributed by atoms with E-state index in [1.807, 2.05) is 27.7 Å². The van der Waals surface area contributed by atoms with E-state index in [0.29, 0.717) is 17.7 Å². The average Bonchev–Trinajstić information content (AvgIpc) is 3.12. The predicted molar refractivity (Wildman–Crippen MR) is 130 cm³/mol. The molecule has 0 saturated heterocycles. The molecule has 4 rings (SSSR count). The zero-order chi connectivity index (χ0) is 24.6. The van der Waals surface area contributed by atoms with Crippen LogP contribution in [0, 0.1) is 5.92 Å². The highest BCUT2D eigenvalue weighted by Gasteiger charge is 2.21. The van der Waals surface area contributed by atoms with Crippen molar-refractivity contribution in [3.63, 3.8) is 0 Å². The molecule has 34 heavy (non-hydrogen) atoms. The Balaban J connectivity index is 1.91. The van der Waals surface area contributed by atoms with E-state index in [0.717, 1.165) is 4.68 Å². The minimum Gasteiger partial charge on any atom is -0.352 e. The molecule has 0 spiro atoms. The fourth-order valence-electron chi connectivity index (χ4n) is 3.84. The number of nitrogens with one attached hydrogen (secondary N) is 1. The zero-order valence-electron chi connectivity index (χ0n) is 19.6. The van der Waals surface area contributed by atoms with Crippen molar-refractivity contribution in [3.05, 3.63) is 80.5 Å². The smallest absolute Gasteiger partial charge is 0.352 e. The summed E-state index contributed by atoms with van der Waals surface area (Å²) < 4.78 is 3.79. The lowest BCUT2D eigenvalue weighted by Crippen LogP contribution is -2.29. The summed E-state index contributed by atoms with van der Waals surface area (Å²) in [6, 6.07) is 13.0. The van der Waals surface area contributed by atoms with Crippen molar-refractivity contribution in [3.8, 4) is 0 Å². The molecular weight excluding hydrogens is 434 g/mol. The Bertz CT molecular complexity index is 1510. The topological polar surface area (TPSA) is 107 Å². The van der Waals surface area contributed by atoms with Crippen molar-refractivity contribution >= 4 is 28.4 Å². The molecule has 0 aliphatic rings. The van der Waals surface area contributed by atoms with Gasteiger partial charge in [0.25, 0.3) is 11.5 Å². The first-order valence-electron chi connectivity index (χ1n) is 11.2. The molecule has 0 aliphatic heterocycles. The van der Waals surface area contributed by atoms with Gasteiger partial charge in [-0.05, 0) is 38.0 Å². The summed E-state index contributed by atoms with van der Waals surface area (Å²) in [6.45, 7) is 7.85. The van der Waals surface area contributed by atoms with Gasteiger partial charge in [-0.15, -0.1) is 5.10 Å². The highest BCUT2D eigenvalue weighted by atomic mass is 16.2. The molecule has 4 aromatic rings. The normalized spacial score (nSPS) is 11.6. The summed E-state index contributed by atoms with van der Waals surface area (Å²) in [5, 5.41) is 7.49. The number of fused-ring (bicyclic) bond motifs is 3. The Labute approximate surface area is 195 Å². The summed E-state index contributed by atoms with van der Waals surface area (Å²) in [5.41, 5.74) is 0.187. The Morgan fingerprint density at radius 3 is 2.32 bits per heavy atom. The molecule has 0 unspecified atom stereocenters. The first-order valence-corrected chi connectivity index (χ1v) is 11.2. The molecule has 0 atom stereocenters. The molecule has 176 valence electrons. The first-order chi connectivity index (χ1) is 16.2. The molecule has 2 heterocycles. The van der Waals surface area contributed by atoms with Gasteiger partial charge in [0, 0.05) is 23.7 Å². The van der Waals surface area contributed by atoms with E-state index in [9.17, 15) is 19.2 Å². The number of carbonyl (C=O) groups is 2. The fraction of sp³-hybridized carbons (Fsp3) is 0.320. The maximum absolute atomic E-state index is 13.4. The fourth-order valence-corrected chi connectivity index (χ4v) is 3.84. The highest BCUT2D eigenvalue weighted by Crippen LogP contribution is 2.17. The van der Waals surface area contributed by atoms with Crippen LogP contribution < -0.4 is 16.6 Å². The number of rotatable bonds is 7. The number of carbonyl (C=O) groups excluding carboxylic acids is 2. The third-order valence-electron chi connectivity index (χ3n) is 5.56. The highest BCUT2D eigenvalue weighted by molar-refractivity contribution is 5.98. The quantitative estimate of drug-likeness (QED) is 0.426. The van der Waals surface area contributed by atoms with E-state index in [-0.39, 0.29) is 52.4 Å². The van der Waals surface area contributed by atoms with Crippen LogP contribution in [0.3, 0.4) is 0 Å². The van der Waals surface area contributed by atoms with E-state index in [2.05, 4.69) is 10.4 Å². The molecule has 1 N–H and O–H groups in total. The lowest BCUT2D eigenvalue weighted by Gasteiger charge is -2.13. The Kier molecular flexibility index (Phi) is 6.19. The summed E-state index contributed by atoms with van der Waals surface area (Å²) in [6.07, 6.45) is 0. The van der Waals surface area contributed by atoms with Crippen molar-refractivity contribution < 1.29 is 9.59 Å². The maximum atomic E-state index is 13.4. The Morgan fingerprint density at radius 1 is 0.971 bits per heavy atom. The van der Waals surface area contributed by atoms with Crippen LogP contribution >= 0.6 is 0 Å².